The number of benzene rings is 2. The molecular formula is C17H12O4. The van der Waals surface area contributed by atoms with Crippen LogP contribution in [0.15, 0.2) is 50.2 Å². The minimum Gasteiger partial charge on any atom is -0.490 e. The smallest absolute Gasteiger partial charge is 0.344 e. The van der Waals surface area contributed by atoms with Crippen LogP contribution in [0.3, 0.4) is 0 Å². The Hall–Kier alpha value is -2.75. The minimum absolute atomic E-state index is 0.376. The Kier molecular flexibility index (Phi) is 2.36. The first-order valence-corrected chi connectivity index (χ1v) is 6.61. The highest BCUT2D eigenvalue weighted by Gasteiger charge is 2.18. The van der Waals surface area contributed by atoms with Crippen molar-refractivity contribution < 1.29 is 13.6 Å². The van der Waals surface area contributed by atoms with Crippen molar-refractivity contribution in [1.29, 1.82) is 0 Å². The van der Waals surface area contributed by atoms with Gasteiger partial charge in [-0.3, -0.25) is 0 Å². The fraction of sp³-hybridized carbons (Fsp3) is 0.118. The Morgan fingerprint density at radius 1 is 1.00 bits per heavy atom. The third-order valence-electron chi connectivity index (χ3n) is 3.80. The highest BCUT2D eigenvalue weighted by atomic mass is 16.5. The van der Waals surface area contributed by atoms with Gasteiger partial charge >= 0.3 is 5.63 Å². The van der Waals surface area contributed by atoms with E-state index in [1.165, 1.54) is 0 Å². The zero-order valence-corrected chi connectivity index (χ0v) is 11.6. The number of furan rings is 1. The van der Waals surface area contributed by atoms with Crippen LogP contribution in [-0.2, 0) is 0 Å². The van der Waals surface area contributed by atoms with Gasteiger partial charge in [-0.2, -0.15) is 0 Å². The van der Waals surface area contributed by atoms with E-state index in [2.05, 4.69) is 0 Å². The number of hydrogen-bond donors (Lipinski definition) is 0. The molecule has 4 rings (SSSR count). The van der Waals surface area contributed by atoms with E-state index < -0.39 is 0 Å². The largest absolute Gasteiger partial charge is 0.490 e. The average Bonchev–Trinajstić information content (AvgIpc) is 2.87. The number of aryl methyl sites for hydroxylation is 1. The van der Waals surface area contributed by atoms with Gasteiger partial charge in [0.05, 0.1) is 18.8 Å². The highest BCUT2D eigenvalue weighted by molar-refractivity contribution is 6.12. The molecule has 0 radical (unpaired) electrons. The maximum atomic E-state index is 12.1. The Morgan fingerprint density at radius 3 is 2.52 bits per heavy atom. The molecule has 2 heterocycles. The first-order valence-electron chi connectivity index (χ1n) is 6.61. The molecule has 4 nitrogen and oxygen atoms in total. The first kappa shape index (κ1) is 12.0. The van der Waals surface area contributed by atoms with Crippen molar-refractivity contribution in [2.45, 2.75) is 6.92 Å². The van der Waals surface area contributed by atoms with Crippen LogP contribution < -0.4 is 10.4 Å². The van der Waals surface area contributed by atoms with Crippen molar-refractivity contribution in [1.82, 2.24) is 0 Å². The fourth-order valence-electron chi connectivity index (χ4n) is 2.77. The van der Waals surface area contributed by atoms with Gasteiger partial charge in [0, 0.05) is 16.2 Å². The van der Waals surface area contributed by atoms with Crippen LogP contribution in [0.1, 0.15) is 5.56 Å². The number of hydrogen-bond acceptors (Lipinski definition) is 4. The topological polar surface area (TPSA) is 52.6 Å². The van der Waals surface area contributed by atoms with E-state index in [-0.39, 0.29) is 5.63 Å². The third kappa shape index (κ3) is 1.53. The molecule has 0 unspecified atom stereocenters. The van der Waals surface area contributed by atoms with Crippen molar-refractivity contribution in [2.75, 3.05) is 7.11 Å². The van der Waals surface area contributed by atoms with Crippen molar-refractivity contribution in [3.05, 3.63) is 52.6 Å². The lowest BCUT2D eigenvalue weighted by Crippen LogP contribution is -2.00. The van der Waals surface area contributed by atoms with Gasteiger partial charge in [-0.25, -0.2) is 4.79 Å². The van der Waals surface area contributed by atoms with Crippen molar-refractivity contribution >= 4 is 32.7 Å². The van der Waals surface area contributed by atoms with Crippen molar-refractivity contribution in [2.24, 2.45) is 0 Å². The molecule has 0 bridgehead atoms. The van der Waals surface area contributed by atoms with Crippen molar-refractivity contribution in [3.8, 4) is 5.75 Å². The molecule has 2 aromatic carbocycles. The predicted molar refractivity (Wildman–Crippen MR) is 81.1 cm³/mol. The predicted octanol–water partition coefficient (Wildman–Crippen LogP) is 4.01. The molecule has 0 aliphatic carbocycles. The molecule has 21 heavy (non-hydrogen) atoms. The normalized spacial score (nSPS) is 11.5. The summed E-state index contributed by atoms with van der Waals surface area (Å²) in [6.45, 7) is 1.97. The molecule has 0 atom stereocenters. The SMILES string of the molecule is COc1c2occ(C)c2cc2c1oc(=O)c1ccccc12. The van der Waals surface area contributed by atoms with E-state index in [0.29, 0.717) is 22.3 Å². The third-order valence-corrected chi connectivity index (χ3v) is 3.80. The van der Waals surface area contributed by atoms with Gasteiger partial charge in [-0.1, -0.05) is 18.2 Å². The van der Waals surface area contributed by atoms with E-state index in [1.54, 1.807) is 19.4 Å². The molecule has 0 saturated heterocycles. The van der Waals surface area contributed by atoms with Gasteiger partial charge < -0.3 is 13.6 Å². The van der Waals surface area contributed by atoms with E-state index in [4.69, 9.17) is 13.6 Å². The van der Waals surface area contributed by atoms with Crippen LogP contribution in [-0.4, -0.2) is 7.11 Å². The fourth-order valence-corrected chi connectivity index (χ4v) is 2.77. The highest BCUT2D eigenvalue weighted by Crippen LogP contribution is 2.38. The maximum Gasteiger partial charge on any atom is 0.344 e. The minimum atomic E-state index is -0.376. The van der Waals surface area contributed by atoms with Crippen LogP contribution in [0, 0.1) is 6.92 Å². The number of ether oxygens (including phenoxy) is 1. The number of methoxy groups -OCH3 is 1. The summed E-state index contributed by atoms with van der Waals surface area (Å²) >= 11 is 0. The summed E-state index contributed by atoms with van der Waals surface area (Å²) < 4.78 is 16.4. The summed E-state index contributed by atoms with van der Waals surface area (Å²) in [4.78, 5) is 12.1. The standard InChI is InChI=1S/C17H12O4/c1-9-8-20-14-12(9)7-13-10-5-3-4-6-11(10)17(18)21-15(13)16(14)19-2/h3-8H,1-2H3. The molecule has 2 aromatic heterocycles. The van der Waals surface area contributed by atoms with Gasteiger partial charge in [-0.05, 0) is 24.6 Å². The van der Waals surface area contributed by atoms with Crippen LogP contribution in [0.25, 0.3) is 32.7 Å². The van der Waals surface area contributed by atoms with Gasteiger partial charge in [0.1, 0.15) is 0 Å². The average molecular weight is 280 g/mol. The molecule has 0 fully saturated rings. The summed E-state index contributed by atoms with van der Waals surface area (Å²) in [5.74, 6) is 0.457. The number of fused-ring (bicyclic) bond motifs is 4. The second-order valence-corrected chi connectivity index (χ2v) is 5.02. The molecule has 0 aliphatic heterocycles. The zero-order chi connectivity index (χ0) is 14.6. The van der Waals surface area contributed by atoms with Crippen LogP contribution >= 0.6 is 0 Å². The number of rotatable bonds is 1. The Bertz CT molecular complexity index is 1050. The molecule has 104 valence electrons. The molecule has 0 saturated carbocycles. The first-order chi connectivity index (χ1) is 10.2. The van der Waals surface area contributed by atoms with Gasteiger partial charge in [0.15, 0.2) is 11.2 Å². The van der Waals surface area contributed by atoms with E-state index in [1.807, 2.05) is 31.2 Å². The van der Waals surface area contributed by atoms with Crippen LogP contribution in [0.2, 0.25) is 0 Å². The molecule has 0 aliphatic rings. The van der Waals surface area contributed by atoms with Gasteiger partial charge in [0.2, 0.25) is 5.75 Å². The van der Waals surface area contributed by atoms with E-state index >= 15 is 0 Å². The van der Waals surface area contributed by atoms with Crippen LogP contribution in [0.4, 0.5) is 0 Å². The Balaban J connectivity index is 2.37. The summed E-state index contributed by atoms with van der Waals surface area (Å²) in [6.07, 6.45) is 1.67. The second kappa shape index (κ2) is 4.12. The van der Waals surface area contributed by atoms with Crippen molar-refractivity contribution in [3.63, 3.8) is 0 Å². The summed E-state index contributed by atoms with van der Waals surface area (Å²) in [5, 5.41) is 3.22. The molecule has 0 spiro atoms. The Morgan fingerprint density at radius 2 is 1.76 bits per heavy atom. The van der Waals surface area contributed by atoms with E-state index in [0.717, 1.165) is 21.7 Å². The zero-order valence-electron chi connectivity index (χ0n) is 11.6. The molecule has 0 amide bonds. The lowest BCUT2D eigenvalue weighted by molar-refractivity contribution is 0.403. The summed E-state index contributed by atoms with van der Waals surface area (Å²) in [6, 6.07) is 9.39. The summed E-state index contributed by atoms with van der Waals surface area (Å²) in [7, 11) is 1.54. The molecule has 0 N–H and O–H groups in total. The van der Waals surface area contributed by atoms with Crippen LogP contribution in [0.5, 0.6) is 5.75 Å². The monoisotopic (exact) mass is 280 g/mol. The van der Waals surface area contributed by atoms with Gasteiger partial charge in [-0.15, -0.1) is 0 Å². The maximum absolute atomic E-state index is 12.1. The Labute approximate surface area is 119 Å². The lowest BCUT2D eigenvalue weighted by Gasteiger charge is -2.07. The second-order valence-electron chi connectivity index (χ2n) is 5.02. The summed E-state index contributed by atoms with van der Waals surface area (Å²) in [5.41, 5.74) is 1.66. The lowest BCUT2D eigenvalue weighted by atomic mass is 10.0. The van der Waals surface area contributed by atoms with E-state index in [9.17, 15) is 4.79 Å². The molecule has 4 heteroatoms. The molecule has 4 aromatic rings. The molecular weight excluding hydrogens is 268 g/mol. The van der Waals surface area contributed by atoms with Gasteiger partial charge in [0.25, 0.3) is 0 Å². The quantitative estimate of drug-likeness (QED) is 0.390.